The first-order valence-corrected chi connectivity index (χ1v) is 4.55. The molecular weight excluding hydrogens is 160 g/mol. The fourth-order valence-corrected chi connectivity index (χ4v) is 1.59. The van der Waals surface area contributed by atoms with Crippen LogP contribution in [0, 0.1) is 11.8 Å². The van der Waals surface area contributed by atoms with Gasteiger partial charge in [-0.2, -0.15) is 0 Å². The Bertz CT molecular complexity index is 157. The van der Waals surface area contributed by atoms with E-state index in [9.17, 15) is 8.78 Å². The summed E-state index contributed by atoms with van der Waals surface area (Å²) in [5.74, 6) is -2.31. The van der Waals surface area contributed by atoms with Gasteiger partial charge in [-0.15, -0.1) is 0 Å². The Morgan fingerprint density at radius 1 is 1.50 bits per heavy atom. The quantitative estimate of drug-likeness (QED) is 0.701. The van der Waals surface area contributed by atoms with E-state index in [1.54, 1.807) is 0 Å². The molecule has 0 heterocycles. The van der Waals surface area contributed by atoms with E-state index in [0.29, 0.717) is 12.3 Å². The fraction of sp³-hybridized carbons (Fsp3) is 1.00. The van der Waals surface area contributed by atoms with Gasteiger partial charge < -0.3 is 5.73 Å². The maximum Gasteiger partial charge on any atom is 0.251 e. The Balaban J connectivity index is 2.16. The van der Waals surface area contributed by atoms with Crippen LogP contribution in [0.4, 0.5) is 8.78 Å². The van der Waals surface area contributed by atoms with Crippen molar-refractivity contribution in [2.24, 2.45) is 17.6 Å². The minimum absolute atomic E-state index is 0.0385. The van der Waals surface area contributed by atoms with Crippen molar-refractivity contribution in [2.45, 2.75) is 45.1 Å². The van der Waals surface area contributed by atoms with Crippen molar-refractivity contribution < 1.29 is 8.78 Å². The lowest BCUT2D eigenvalue weighted by Gasteiger charge is -2.12. The summed E-state index contributed by atoms with van der Waals surface area (Å²) in [5.41, 5.74) is 5.70. The maximum atomic E-state index is 12.4. The second-order valence-corrected chi connectivity index (χ2v) is 4.29. The number of alkyl halides is 2. The number of nitrogens with two attached hydrogens (primary N) is 1. The summed E-state index contributed by atoms with van der Waals surface area (Å²) in [6.07, 6.45) is 1.40. The SMILES string of the molecule is CC(C)C[C@@H](N)C[C@H]1CC1(F)F. The van der Waals surface area contributed by atoms with E-state index < -0.39 is 11.8 Å². The van der Waals surface area contributed by atoms with Gasteiger partial charge in [0, 0.05) is 18.4 Å². The highest BCUT2D eigenvalue weighted by molar-refractivity contribution is 4.96. The van der Waals surface area contributed by atoms with E-state index in [1.807, 2.05) is 0 Å². The predicted molar refractivity (Wildman–Crippen MR) is 45.1 cm³/mol. The zero-order valence-electron chi connectivity index (χ0n) is 7.69. The molecule has 0 unspecified atom stereocenters. The van der Waals surface area contributed by atoms with Crippen LogP contribution in [0.3, 0.4) is 0 Å². The number of rotatable bonds is 4. The first-order chi connectivity index (χ1) is 5.42. The Labute approximate surface area is 72.3 Å². The summed E-state index contributed by atoms with van der Waals surface area (Å²) in [7, 11) is 0. The smallest absolute Gasteiger partial charge is 0.251 e. The molecule has 1 fully saturated rings. The molecule has 12 heavy (non-hydrogen) atoms. The molecule has 1 rings (SSSR count). The minimum atomic E-state index is -2.39. The Morgan fingerprint density at radius 2 is 2.00 bits per heavy atom. The summed E-state index contributed by atoms with van der Waals surface area (Å²) in [6, 6.07) is -0.0385. The maximum absolute atomic E-state index is 12.4. The molecule has 2 atom stereocenters. The molecule has 1 aliphatic rings. The summed E-state index contributed by atoms with van der Waals surface area (Å²) in [6.45, 7) is 4.12. The van der Waals surface area contributed by atoms with Gasteiger partial charge in [-0.1, -0.05) is 13.8 Å². The third kappa shape index (κ3) is 2.70. The number of hydrogen-bond acceptors (Lipinski definition) is 1. The second-order valence-electron chi connectivity index (χ2n) is 4.29. The lowest BCUT2D eigenvalue weighted by Crippen LogP contribution is -2.23. The Morgan fingerprint density at radius 3 is 2.33 bits per heavy atom. The zero-order chi connectivity index (χ0) is 9.35. The van der Waals surface area contributed by atoms with Gasteiger partial charge in [0.05, 0.1) is 0 Å². The van der Waals surface area contributed by atoms with Gasteiger partial charge in [0.25, 0.3) is 5.92 Å². The standard InChI is InChI=1S/C9H17F2N/c1-6(2)3-8(12)4-7-5-9(7,10)11/h6-8H,3-5,12H2,1-2H3/t7-,8+/m0/s1. The van der Waals surface area contributed by atoms with Crippen LogP contribution in [-0.4, -0.2) is 12.0 Å². The van der Waals surface area contributed by atoms with Crippen molar-refractivity contribution in [1.29, 1.82) is 0 Å². The van der Waals surface area contributed by atoms with E-state index in [4.69, 9.17) is 5.73 Å². The van der Waals surface area contributed by atoms with Gasteiger partial charge >= 0.3 is 0 Å². The zero-order valence-corrected chi connectivity index (χ0v) is 7.69. The van der Waals surface area contributed by atoms with Crippen molar-refractivity contribution in [3.05, 3.63) is 0 Å². The lowest BCUT2D eigenvalue weighted by molar-refractivity contribution is 0.0948. The van der Waals surface area contributed by atoms with Gasteiger partial charge in [0.1, 0.15) is 0 Å². The van der Waals surface area contributed by atoms with Crippen LogP contribution in [0.1, 0.15) is 33.1 Å². The monoisotopic (exact) mass is 177 g/mol. The largest absolute Gasteiger partial charge is 0.328 e. The molecule has 1 saturated carbocycles. The molecule has 0 radical (unpaired) electrons. The highest BCUT2D eigenvalue weighted by atomic mass is 19.3. The van der Waals surface area contributed by atoms with Gasteiger partial charge in [0.15, 0.2) is 0 Å². The molecule has 0 spiro atoms. The van der Waals surface area contributed by atoms with Gasteiger partial charge in [-0.05, 0) is 18.8 Å². The third-order valence-electron chi connectivity index (χ3n) is 2.32. The molecule has 0 aromatic carbocycles. The molecule has 0 aromatic heterocycles. The summed E-state index contributed by atoms with van der Waals surface area (Å²) < 4.78 is 24.9. The van der Waals surface area contributed by atoms with E-state index >= 15 is 0 Å². The molecule has 0 bridgehead atoms. The molecule has 3 heteroatoms. The van der Waals surface area contributed by atoms with Crippen LogP contribution in [0.15, 0.2) is 0 Å². The topological polar surface area (TPSA) is 26.0 Å². The normalized spacial score (nSPS) is 29.0. The molecule has 1 aliphatic carbocycles. The van der Waals surface area contributed by atoms with Crippen LogP contribution in [-0.2, 0) is 0 Å². The summed E-state index contributed by atoms with van der Waals surface area (Å²) >= 11 is 0. The highest BCUT2D eigenvalue weighted by Gasteiger charge is 2.56. The molecule has 72 valence electrons. The van der Waals surface area contributed by atoms with E-state index in [-0.39, 0.29) is 12.5 Å². The second kappa shape index (κ2) is 3.29. The van der Waals surface area contributed by atoms with Crippen LogP contribution in [0.25, 0.3) is 0 Å². The molecule has 1 nitrogen and oxygen atoms in total. The Kier molecular flexibility index (Phi) is 2.71. The molecule has 2 N–H and O–H groups in total. The average Bonchev–Trinajstić information content (AvgIpc) is 2.35. The predicted octanol–water partition coefficient (Wildman–Crippen LogP) is 2.41. The van der Waals surface area contributed by atoms with E-state index in [1.165, 1.54) is 0 Å². The van der Waals surface area contributed by atoms with Crippen LogP contribution < -0.4 is 5.73 Å². The molecule has 0 aromatic rings. The van der Waals surface area contributed by atoms with Crippen molar-refractivity contribution in [2.75, 3.05) is 0 Å². The number of halogens is 2. The molecule has 0 amide bonds. The minimum Gasteiger partial charge on any atom is -0.328 e. The van der Waals surface area contributed by atoms with Crippen LogP contribution >= 0.6 is 0 Å². The van der Waals surface area contributed by atoms with E-state index in [0.717, 1.165) is 6.42 Å². The molecule has 0 aliphatic heterocycles. The van der Waals surface area contributed by atoms with Crippen molar-refractivity contribution in [1.82, 2.24) is 0 Å². The van der Waals surface area contributed by atoms with E-state index in [2.05, 4.69) is 13.8 Å². The lowest BCUT2D eigenvalue weighted by atomic mass is 10.00. The van der Waals surface area contributed by atoms with Gasteiger partial charge in [0.2, 0.25) is 0 Å². The first-order valence-electron chi connectivity index (χ1n) is 4.55. The molecule has 0 saturated heterocycles. The van der Waals surface area contributed by atoms with Crippen molar-refractivity contribution in [3.63, 3.8) is 0 Å². The first kappa shape index (κ1) is 9.90. The summed E-state index contributed by atoms with van der Waals surface area (Å²) in [4.78, 5) is 0. The third-order valence-corrected chi connectivity index (χ3v) is 2.32. The summed E-state index contributed by atoms with van der Waals surface area (Å²) in [5, 5.41) is 0. The van der Waals surface area contributed by atoms with Crippen LogP contribution in [0.5, 0.6) is 0 Å². The van der Waals surface area contributed by atoms with Crippen molar-refractivity contribution >= 4 is 0 Å². The molecular formula is C9H17F2N. The van der Waals surface area contributed by atoms with Gasteiger partial charge in [-0.25, -0.2) is 8.78 Å². The fourth-order valence-electron chi connectivity index (χ4n) is 1.59. The van der Waals surface area contributed by atoms with Crippen LogP contribution in [0.2, 0.25) is 0 Å². The Hall–Kier alpha value is -0.180. The average molecular weight is 177 g/mol. The highest BCUT2D eigenvalue weighted by Crippen LogP contribution is 2.51. The van der Waals surface area contributed by atoms with Gasteiger partial charge in [-0.3, -0.25) is 0 Å². The van der Waals surface area contributed by atoms with Crippen molar-refractivity contribution in [3.8, 4) is 0 Å². The number of hydrogen-bond donors (Lipinski definition) is 1.